The van der Waals surface area contributed by atoms with Gasteiger partial charge in [0.2, 0.25) is 15.9 Å². The lowest BCUT2D eigenvalue weighted by Gasteiger charge is -2.34. The fourth-order valence-corrected chi connectivity index (χ4v) is 5.12. The van der Waals surface area contributed by atoms with Gasteiger partial charge in [-0.1, -0.05) is 42.5 Å². The average Bonchev–Trinajstić information content (AvgIpc) is 3.27. The Kier molecular flexibility index (Phi) is 6.20. The highest BCUT2D eigenvalue weighted by atomic mass is 32.2. The van der Waals surface area contributed by atoms with Gasteiger partial charge in [0.15, 0.2) is 0 Å². The summed E-state index contributed by atoms with van der Waals surface area (Å²) in [7, 11) is -3.92. The Morgan fingerprint density at radius 3 is 2.29 bits per heavy atom. The van der Waals surface area contributed by atoms with E-state index in [2.05, 4.69) is 0 Å². The Morgan fingerprint density at radius 1 is 0.903 bits per heavy atom. The average molecular weight is 443 g/mol. The van der Waals surface area contributed by atoms with Crippen LogP contribution in [0.15, 0.2) is 76.0 Å². The van der Waals surface area contributed by atoms with E-state index in [9.17, 15) is 17.6 Å². The molecule has 162 valence electrons. The minimum Gasteiger partial charge on any atom is -0.461 e. The van der Waals surface area contributed by atoms with E-state index < -0.39 is 15.8 Å². The highest BCUT2D eigenvalue weighted by molar-refractivity contribution is 7.89. The molecule has 8 heteroatoms. The molecular formula is C23H23FN2O4S. The van der Waals surface area contributed by atoms with E-state index >= 15 is 0 Å². The fraction of sp³-hybridized carbons (Fsp3) is 0.261. The molecule has 0 bridgehead atoms. The minimum atomic E-state index is -3.92. The first-order valence-corrected chi connectivity index (χ1v) is 11.6. The largest absolute Gasteiger partial charge is 0.461 e. The number of piperazine rings is 1. The lowest BCUT2D eigenvalue weighted by molar-refractivity contribution is -0.132. The number of hydrogen-bond donors (Lipinski definition) is 0. The zero-order valence-corrected chi connectivity index (χ0v) is 17.7. The van der Waals surface area contributed by atoms with Gasteiger partial charge < -0.3 is 9.32 Å². The third-order valence-corrected chi connectivity index (χ3v) is 7.28. The second-order valence-corrected chi connectivity index (χ2v) is 9.25. The molecule has 0 spiro atoms. The number of rotatable bonds is 6. The molecular weight excluding hydrogens is 419 g/mol. The maximum atomic E-state index is 13.9. The Bertz CT molecular complexity index is 1150. The molecule has 31 heavy (non-hydrogen) atoms. The summed E-state index contributed by atoms with van der Waals surface area (Å²) in [6, 6.07) is 18.8. The van der Waals surface area contributed by atoms with Crippen molar-refractivity contribution in [1.29, 1.82) is 0 Å². The molecule has 6 nitrogen and oxygen atoms in total. The van der Waals surface area contributed by atoms with Crippen LogP contribution < -0.4 is 0 Å². The van der Waals surface area contributed by atoms with Crippen molar-refractivity contribution in [2.24, 2.45) is 0 Å². The van der Waals surface area contributed by atoms with E-state index in [4.69, 9.17) is 4.42 Å². The van der Waals surface area contributed by atoms with Gasteiger partial charge >= 0.3 is 0 Å². The number of amides is 1. The Morgan fingerprint density at radius 2 is 1.58 bits per heavy atom. The Labute approximate surface area is 180 Å². The quantitative estimate of drug-likeness (QED) is 0.585. The molecule has 3 aromatic rings. The molecule has 1 aliphatic heterocycles. The molecule has 1 saturated heterocycles. The first-order valence-electron chi connectivity index (χ1n) is 10.1. The van der Waals surface area contributed by atoms with Crippen molar-refractivity contribution in [3.05, 3.63) is 78.3 Å². The molecule has 1 fully saturated rings. The van der Waals surface area contributed by atoms with Crippen molar-refractivity contribution in [1.82, 2.24) is 9.21 Å². The van der Waals surface area contributed by atoms with Crippen molar-refractivity contribution < 1.29 is 22.0 Å². The predicted molar refractivity (Wildman–Crippen MR) is 114 cm³/mol. The standard InChI is InChI=1S/C23H23FN2O4S/c24-20-8-4-5-9-22(20)31(28,29)26-16-14-25(15-17-26)23(27)13-11-19-10-12-21(30-19)18-6-2-1-3-7-18/h1-10,12H,11,13-17H2. The van der Waals surface area contributed by atoms with Gasteiger partial charge in [-0.2, -0.15) is 4.31 Å². The maximum absolute atomic E-state index is 13.9. The summed E-state index contributed by atoms with van der Waals surface area (Å²) in [5.41, 5.74) is 0.979. The summed E-state index contributed by atoms with van der Waals surface area (Å²) in [4.78, 5) is 13.9. The first kappa shape index (κ1) is 21.3. The van der Waals surface area contributed by atoms with E-state index in [1.54, 1.807) is 4.90 Å². The molecule has 4 rings (SSSR count). The van der Waals surface area contributed by atoms with Gasteiger partial charge in [-0.25, -0.2) is 12.8 Å². The number of carbonyl (C=O) groups is 1. The van der Waals surface area contributed by atoms with Crippen molar-refractivity contribution in [3.8, 4) is 11.3 Å². The van der Waals surface area contributed by atoms with Crippen LogP contribution in [0.25, 0.3) is 11.3 Å². The normalized spacial score (nSPS) is 15.2. The van der Waals surface area contributed by atoms with Crippen molar-refractivity contribution in [3.63, 3.8) is 0 Å². The van der Waals surface area contributed by atoms with Gasteiger partial charge in [0.25, 0.3) is 0 Å². The Balaban J connectivity index is 1.31. The molecule has 0 N–H and O–H groups in total. The third-order valence-electron chi connectivity index (χ3n) is 5.35. The van der Waals surface area contributed by atoms with E-state index in [-0.39, 0.29) is 43.4 Å². The Hall–Kier alpha value is -2.97. The number of halogens is 1. The zero-order chi connectivity index (χ0) is 21.8. The van der Waals surface area contributed by atoms with E-state index in [1.807, 2.05) is 42.5 Å². The number of nitrogens with zero attached hydrogens (tertiary/aromatic N) is 2. The predicted octanol–water partition coefficient (Wildman–Crippen LogP) is 3.55. The highest BCUT2D eigenvalue weighted by Crippen LogP contribution is 2.23. The van der Waals surface area contributed by atoms with Crippen LogP contribution in [0.3, 0.4) is 0 Å². The molecule has 0 radical (unpaired) electrons. The van der Waals surface area contributed by atoms with Crippen LogP contribution in [0.5, 0.6) is 0 Å². The minimum absolute atomic E-state index is 0.0550. The van der Waals surface area contributed by atoms with Crippen LogP contribution in [-0.2, 0) is 21.2 Å². The number of benzene rings is 2. The van der Waals surface area contributed by atoms with E-state index in [0.717, 1.165) is 23.2 Å². The van der Waals surface area contributed by atoms with E-state index in [1.165, 1.54) is 22.5 Å². The SMILES string of the molecule is O=C(CCc1ccc(-c2ccccc2)o1)N1CCN(S(=O)(=O)c2ccccc2F)CC1. The van der Waals surface area contributed by atoms with Crippen molar-refractivity contribution in [2.45, 2.75) is 17.7 Å². The van der Waals surface area contributed by atoms with Gasteiger partial charge in [-0.3, -0.25) is 4.79 Å². The van der Waals surface area contributed by atoms with Crippen molar-refractivity contribution in [2.75, 3.05) is 26.2 Å². The van der Waals surface area contributed by atoms with Gasteiger partial charge in [-0.15, -0.1) is 0 Å². The van der Waals surface area contributed by atoms with Crippen LogP contribution in [0, 0.1) is 5.82 Å². The van der Waals surface area contributed by atoms with Gasteiger partial charge in [0.1, 0.15) is 22.2 Å². The summed E-state index contributed by atoms with van der Waals surface area (Å²) in [6.07, 6.45) is 0.751. The van der Waals surface area contributed by atoms with Gasteiger partial charge in [-0.05, 0) is 24.3 Å². The van der Waals surface area contributed by atoms with Crippen LogP contribution in [0.1, 0.15) is 12.2 Å². The summed E-state index contributed by atoms with van der Waals surface area (Å²) < 4.78 is 46.4. The molecule has 1 amide bonds. The summed E-state index contributed by atoms with van der Waals surface area (Å²) in [5, 5.41) is 0. The summed E-state index contributed by atoms with van der Waals surface area (Å²) in [5.74, 6) is 0.665. The number of aryl methyl sites for hydroxylation is 1. The second kappa shape index (κ2) is 9.03. The van der Waals surface area contributed by atoms with Crippen LogP contribution in [0.2, 0.25) is 0 Å². The topological polar surface area (TPSA) is 70.8 Å². The molecule has 2 aromatic carbocycles. The van der Waals surface area contributed by atoms with Crippen LogP contribution in [0.4, 0.5) is 4.39 Å². The lowest BCUT2D eigenvalue weighted by atomic mass is 10.2. The molecule has 0 atom stereocenters. The van der Waals surface area contributed by atoms with Crippen molar-refractivity contribution >= 4 is 15.9 Å². The molecule has 0 aliphatic carbocycles. The summed E-state index contributed by atoms with van der Waals surface area (Å²) >= 11 is 0. The molecule has 1 aliphatic rings. The number of hydrogen-bond acceptors (Lipinski definition) is 4. The highest BCUT2D eigenvalue weighted by Gasteiger charge is 2.31. The second-order valence-electron chi connectivity index (χ2n) is 7.35. The molecule has 0 saturated carbocycles. The monoisotopic (exact) mass is 442 g/mol. The van der Waals surface area contributed by atoms with E-state index in [0.29, 0.717) is 6.42 Å². The summed E-state index contributed by atoms with van der Waals surface area (Å²) in [6.45, 7) is 0.836. The van der Waals surface area contributed by atoms with Crippen LogP contribution in [-0.4, -0.2) is 49.7 Å². The maximum Gasteiger partial charge on any atom is 0.246 e. The van der Waals surface area contributed by atoms with Gasteiger partial charge in [0.05, 0.1) is 0 Å². The zero-order valence-electron chi connectivity index (χ0n) is 16.9. The third kappa shape index (κ3) is 4.70. The molecule has 1 aromatic heterocycles. The number of carbonyl (C=O) groups excluding carboxylic acids is 1. The number of furan rings is 1. The van der Waals surface area contributed by atoms with Gasteiger partial charge in [0, 0.05) is 44.6 Å². The lowest BCUT2D eigenvalue weighted by Crippen LogP contribution is -2.50. The number of sulfonamides is 1. The van der Waals surface area contributed by atoms with Crippen LogP contribution >= 0.6 is 0 Å². The smallest absolute Gasteiger partial charge is 0.246 e. The first-order chi connectivity index (χ1) is 14.9. The fourth-order valence-electron chi connectivity index (χ4n) is 3.63. The molecule has 0 unspecified atom stereocenters. The molecule has 2 heterocycles.